The van der Waals surface area contributed by atoms with E-state index in [1.54, 1.807) is 0 Å². The van der Waals surface area contributed by atoms with Crippen LogP contribution in [0.1, 0.15) is 25.8 Å². The van der Waals surface area contributed by atoms with Crippen molar-refractivity contribution < 1.29 is 18.3 Å². The summed E-state index contributed by atoms with van der Waals surface area (Å²) in [5, 5.41) is 13.2. The lowest BCUT2D eigenvalue weighted by molar-refractivity contribution is -0.137. The van der Waals surface area contributed by atoms with E-state index in [9.17, 15) is 18.3 Å². The van der Waals surface area contributed by atoms with E-state index in [0.29, 0.717) is 0 Å². The highest BCUT2D eigenvalue weighted by atomic mass is 19.4. The molecule has 6 heteroatoms. The van der Waals surface area contributed by atoms with Gasteiger partial charge in [0.2, 0.25) is 0 Å². The quantitative estimate of drug-likeness (QED) is 0.871. The molecule has 16 heavy (non-hydrogen) atoms. The van der Waals surface area contributed by atoms with Gasteiger partial charge in [-0.15, -0.1) is 0 Å². The Morgan fingerprint density at radius 2 is 2.12 bits per heavy atom. The molecule has 0 aliphatic rings. The molecule has 2 unspecified atom stereocenters. The van der Waals surface area contributed by atoms with Crippen LogP contribution >= 0.6 is 0 Å². The number of hydrogen-bond acceptors (Lipinski definition) is 2. The van der Waals surface area contributed by atoms with Crippen LogP contribution in [0.5, 0.6) is 0 Å². The van der Waals surface area contributed by atoms with Crippen molar-refractivity contribution in [1.82, 2.24) is 9.78 Å². The molecule has 0 bridgehead atoms. The Bertz CT molecular complexity index is 335. The first-order chi connectivity index (χ1) is 7.34. The number of aliphatic hydroxyl groups excluding tert-OH is 1. The number of aromatic nitrogens is 2. The first kappa shape index (κ1) is 13.0. The third-order valence-electron chi connectivity index (χ3n) is 2.64. The third-order valence-corrected chi connectivity index (χ3v) is 2.64. The third kappa shape index (κ3) is 3.23. The van der Waals surface area contributed by atoms with E-state index in [1.165, 1.54) is 0 Å². The van der Waals surface area contributed by atoms with Crippen molar-refractivity contribution in [2.45, 2.75) is 39.1 Å². The van der Waals surface area contributed by atoms with E-state index in [0.717, 1.165) is 23.5 Å². The molecule has 1 heterocycles. The lowest BCUT2D eigenvalue weighted by atomic mass is 10.0. The van der Waals surface area contributed by atoms with Crippen molar-refractivity contribution in [3.05, 3.63) is 18.0 Å². The molecule has 0 aliphatic carbocycles. The predicted octanol–water partition coefficient (Wildman–Crippen LogP) is 2.31. The number of rotatable bonds is 4. The minimum Gasteiger partial charge on any atom is -0.391 e. The van der Waals surface area contributed by atoms with Gasteiger partial charge in [-0.3, -0.25) is 4.68 Å². The first-order valence-corrected chi connectivity index (χ1v) is 5.12. The maximum atomic E-state index is 12.2. The predicted molar refractivity (Wildman–Crippen MR) is 52.7 cm³/mol. The van der Waals surface area contributed by atoms with Crippen LogP contribution in [0.3, 0.4) is 0 Å². The van der Waals surface area contributed by atoms with Gasteiger partial charge in [-0.2, -0.15) is 18.3 Å². The van der Waals surface area contributed by atoms with Gasteiger partial charge in [-0.05, 0) is 5.92 Å². The van der Waals surface area contributed by atoms with Crippen LogP contribution in [-0.2, 0) is 12.7 Å². The zero-order valence-electron chi connectivity index (χ0n) is 9.20. The van der Waals surface area contributed by atoms with Crippen molar-refractivity contribution in [3.63, 3.8) is 0 Å². The summed E-state index contributed by atoms with van der Waals surface area (Å²) >= 11 is 0. The molecule has 1 N–H and O–H groups in total. The van der Waals surface area contributed by atoms with Crippen molar-refractivity contribution >= 4 is 0 Å². The standard InChI is InChI=1S/C10H15F3N2O/c1-3-7(2)9(16)6-15-5-8(4-14-15)10(11,12)13/h4-5,7,9,16H,3,6H2,1-2H3. The first-order valence-electron chi connectivity index (χ1n) is 5.12. The van der Waals surface area contributed by atoms with E-state index in [4.69, 9.17) is 0 Å². The normalized spacial score (nSPS) is 16.1. The summed E-state index contributed by atoms with van der Waals surface area (Å²) in [6.07, 6.45) is -2.60. The Labute approximate surface area is 91.9 Å². The smallest absolute Gasteiger partial charge is 0.391 e. The number of hydrogen-bond donors (Lipinski definition) is 1. The highest BCUT2D eigenvalue weighted by Crippen LogP contribution is 2.28. The van der Waals surface area contributed by atoms with E-state index in [1.807, 2.05) is 13.8 Å². The summed E-state index contributed by atoms with van der Waals surface area (Å²) in [6.45, 7) is 3.85. The fourth-order valence-corrected chi connectivity index (χ4v) is 1.25. The van der Waals surface area contributed by atoms with Gasteiger partial charge in [0.15, 0.2) is 0 Å². The summed E-state index contributed by atoms with van der Waals surface area (Å²) in [4.78, 5) is 0. The number of nitrogens with zero attached hydrogens (tertiary/aromatic N) is 2. The molecular formula is C10H15F3N2O. The SMILES string of the molecule is CCC(C)C(O)Cn1cc(C(F)(F)F)cn1. The fourth-order valence-electron chi connectivity index (χ4n) is 1.25. The molecular weight excluding hydrogens is 221 g/mol. The molecule has 1 aromatic rings. The van der Waals surface area contributed by atoms with Gasteiger partial charge in [-0.1, -0.05) is 20.3 Å². The fraction of sp³-hybridized carbons (Fsp3) is 0.700. The largest absolute Gasteiger partial charge is 0.419 e. The number of aliphatic hydroxyl groups is 1. The minimum absolute atomic E-state index is 0.0403. The van der Waals surface area contributed by atoms with Crippen molar-refractivity contribution in [2.75, 3.05) is 0 Å². The summed E-state index contributed by atoms with van der Waals surface area (Å²) in [7, 11) is 0. The van der Waals surface area contributed by atoms with Gasteiger partial charge in [0.25, 0.3) is 0 Å². The van der Waals surface area contributed by atoms with E-state index < -0.39 is 17.8 Å². The minimum atomic E-state index is -4.38. The van der Waals surface area contributed by atoms with Crippen molar-refractivity contribution in [2.24, 2.45) is 5.92 Å². The molecule has 0 spiro atoms. The summed E-state index contributed by atoms with van der Waals surface area (Å²) in [6, 6.07) is 0. The monoisotopic (exact) mass is 236 g/mol. The maximum absolute atomic E-state index is 12.2. The Balaban J connectivity index is 2.66. The van der Waals surface area contributed by atoms with Crippen LogP contribution in [-0.4, -0.2) is 21.0 Å². The molecule has 0 aliphatic heterocycles. The van der Waals surface area contributed by atoms with Crippen LogP contribution in [0, 0.1) is 5.92 Å². The molecule has 0 saturated heterocycles. The zero-order chi connectivity index (χ0) is 12.3. The second kappa shape index (κ2) is 4.86. The molecule has 0 aromatic carbocycles. The van der Waals surface area contributed by atoms with Gasteiger partial charge < -0.3 is 5.11 Å². The van der Waals surface area contributed by atoms with Crippen LogP contribution < -0.4 is 0 Å². The average Bonchev–Trinajstić information content (AvgIpc) is 2.64. The summed E-state index contributed by atoms with van der Waals surface area (Å²) in [5.74, 6) is 0.0403. The van der Waals surface area contributed by atoms with Gasteiger partial charge >= 0.3 is 6.18 Å². The van der Waals surface area contributed by atoms with Crippen LogP contribution in [0.25, 0.3) is 0 Å². The van der Waals surface area contributed by atoms with Gasteiger partial charge in [0.05, 0.1) is 24.4 Å². The maximum Gasteiger partial charge on any atom is 0.419 e. The Morgan fingerprint density at radius 1 is 1.50 bits per heavy atom. The van der Waals surface area contributed by atoms with Crippen LogP contribution in [0.2, 0.25) is 0 Å². The molecule has 0 fully saturated rings. The Kier molecular flexibility index (Phi) is 3.96. The van der Waals surface area contributed by atoms with Crippen molar-refractivity contribution in [1.29, 1.82) is 0 Å². The van der Waals surface area contributed by atoms with Gasteiger partial charge in [-0.25, -0.2) is 0 Å². The molecule has 0 amide bonds. The zero-order valence-corrected chi connectivity index (χ0v) is 9.20. The number of alkyl halides is 3. The number of halogens is 3. The molecule has 3 nitrogen and oxygen atoms in total. The lowest BCUT2D eigenvalue weighted by Gasteiger charge is -2.16. The van der Waals surface area contributed by atoms with E-state index in [2.05, 4.69) is 5.10 Å². The molecule has 1 aromatic heterocycles. The molecule has 1 rings (SSSR count). The van der Waals surface area contributed by atoms with Crippen molar-refractivity contribution in [3.8, 4) is 0 Å². The highest BCUT2D eigenvalue weighted by Gasteiger charge is 2.32. The summed E-state index contributed by atoms with van der Waals surface area (Å²) < 4.78 is 37.9. The summed E-state index contributed by atoms with van der Waals surface area (Å²) in [5.41, 5.74) is -0.788. The van der Waals surface area contributed by atoms with E-state index in [-0.39, 0.29) is 12.5 Å². The molecule has 0 radical (unpaired) electrons. The second-order valence-corrected chi connectivity index (χ2v) is 3.90. The van der Waals surface area contributed by atoms with Gasteiger partial charge in [0.1, 0.15) is 0 Å². The van der Waals surface area contributed by atoms with E-state index >= 15 is 0 Å². The topological polar surface area (TPSA) is 38.0 Å². The molecule has 2 atom stereocenters. The molecule has 0 saturated carbocycles. The highest BCUT2D eigenvalue weighted by molar-refractivity contribution is 5.08. The molecule has 92 valence electrons. The van der Waals surface area contributed by atoms with Crippen LogP contribution in [0.4, 0.5) is 13.2 Å². The average molecular weight is 236 g/mol. The van der Waals surface area contributed by atoms with Crippen LogP contribution in [0.15, 0.2) is 12.4 Å². The lowest BCUT2D eigenvalue weighted by Crippen LogP contribution is -2.23. The Morgan fingerprint density at radius 3 is 2.56 bits per heavy atom. The second-order valence-electron chi connectivity index (χ2n) is 3.90. The Hall–Kier alpha value is -1.04. The van der Waals surface area contributed by atoms with Gasteiger partial charge in [0, 0.05) is 6.20 Å².